The van der Waals surface area contributed by atoms with Crippen molar-refractivity contribution in [1.82, 2.24) is 19.8 Å². The monoisotopic (exact) mass is 303 g/mol. The predicted octanol–water partition coefficient (Wildman–Crippen LogP) is -0.416. The number of aryl methyl sites for hydroxylation is 1. The van der Waals surface area contributed by atoms with Crippen molar-refractivity contribution in [3.63, 3.8) is 0 Å². The SMILES string of the molecule is CC(NS(=O)(=O)c1cn(C)nc1N)C(=O)NC(C)(C)C. The van der Waals surface area contributed by atoms with Gasteiger partial charge in [-0.1, -0.05) is 0 Å². The molecule has 4 N–H and O–H groups in total. The first-order valence-electron chi connectivity index (χ1n) is 6.06. The molecule has 114 valence electrons. The van der Waals surface area contributed by atoms with Crippen LogP contribution in [-0.4, -0.2) is 35.7 Å². The Labute approximate surface area is 118 Å². The van der Waals surface area contributed by atoms with Gasteiger partial charge in [0.15, 0.2) is 5.82 Å². The van der Waals surface area contributed by atoms with E-state index in [9.17, 15) is 13.2 Å². The summed E-state index contributed by atoms with van der Waals surface area (Å²) >= 11 is 0. The molecule has 0 saturated carbocycles. The number of rotatable bonds is 4. The van der Waals surface area contributed by atoms with Crippen LogP contribution in [0, 0.1) is 0 Å². The molecule has 1 aromatic rings. The highest BCUT2D eigenvalue weighted by Gasteiger charge is 2.27. The molecule has 0 aliphatic carbocycles. The summed E-state index contributed by atoms with van der Waals surface area (Å²) in [5.41, 5.74) is 5.09. The fraction of sp³-hybridized carbons (Fsp3) is 0.636. The van der Waals surface area contributed by atoms with Crippen molar-refractivity contribution in [2.24, 2.45) is 7.05 Å². The summed E-state index contributed by atoms with van der Waals surface area (Å²) in [6.07, 6.45) is 1.28. The van der Waals surface area contributed by atoms with E-state index in [4.69, 9.17) is 5.73 Å². The van der Waals surface area contributed by atoms with E-state index >= 15 is 0 Å². The van der Waals surface area contributed by atoms with E-state index in [-0.39, 0.29) is 10.7 Å². The van der Waals surface area contributed by atoms with Crippen LogP contribution < -0.4 is 15.8 Å². The van der Waals surface area contributed by atoms with Gasteiger partial charge in [-0.25, -0.2) is 8.42 Å². The molecule has 0 saturated heterocycles. The lowest BCUT2D eigenvalue weighted by Crippen LogP contribution is -2.50. The molecule has 9 heteroatoms. The molecule has 1 amide bonds. The van der Waals surface area contributed by atoms with Crippen molar-refractivity contribution >= 4 is 21.7 Å². The van der Waals surface area contributed by atoms with Gasteiger partial charge in [-0.2, -0.15) is 9.82 Å². The van der Waals surface area contributed by atoms with Crippen LogP contribution in [0.15, 0.2) is 11.1 Å². The lowest BCUT2D eigenvalue weighted by atomic mass is 10.1. The molecule has 1 aromatic heterocycles. The molecule has 1 rings (SSSR count). The Morgan fingerprint density at radius 3 is 2.40 bits per heavy atom. The van der Waals surface area contributed by atoms with Crippen LogP contribution in [0.2, 0.25) is 0 Å². The normalized spacial score (nSPS) is 14.1. The van der Waals surface area contributed by atoms with Gasteiger partial charge in [-0.3, -0.25) is 9.48 Å². The van der Waals surface area contributed by atoms with Gasteiger partial charge in [0, 0.05) is 18.8 Å². The fourth-order valence-electron chi connectivity index (χ4n) is 1.52. The molecule has 0 spiro atoms. The Hall–Kier alpha value is -1.61. The number of anilines is 1. The van der Waals surface area contributed by atoms with Crippen LogP contribution >= 0.6 is 0 Å². The number of hydrogen-bond donors (Lipinski definition) is 3. The Bertz CT molecular complexity index is 600. The number of sulfonamides is 1. The van der Waals surface area contributed by atoms with E-state index in [1.165, 1.54) is 17.8 Å². The molecule has 0 radical (unpaired) electrons. The van der Waals surface area contributed by atoms with Gasteiger partial charge >= 0.3 is 0 Å². The first kappa shape index (κ1) is 16.4. The van der Waals surface area contributed by atoms with Crippen LogP contribution in [0.25, 0.3) is 0 Å². The van der Waals surface area contributed by atoms with Crippen molar-refractivity contribution < 1.29 is 13.2 Å². The number of nitrogens with one attached hydrogen (secondary N) is 2. The minimum absolute atomic E-state index is 0.108. The maximum absolute atomic E-state index is 12.1. The zero-order chi connectivity index (χ0) is 15.7. The van der Waals surface area contributed by atoms with Gasteiger partial charge in [0.2, 0.25) is 15.9 Å². The summed E-state index contributed by atoms with van der Waals surface area (Å²) < 4.78 is 27.8. The van der Waals surface area contributed by atoms with Crippen molar-refractivity contribution in [2.45, 2.75) is 44.2 Å². The third-order valence-electron chi connectivity index (χ3n) is 2.33. The van der Waals surface area contributed by atoms with Gasteiger partial charge in [-0.05, 0) is 27.7 Å². The summed E-state index contributed by atoms with van der Waals surface area (Å²) in [5, 5.41) is 6.46. The Morgan fingerprint density at radius 2 is 2.00 bits per heavy atom. The Morgan fingerprint density at radius 1 is 1.45 bits per heavy atom. The molecule has 1 atom stereocenters. The molecule has 1 heterocycles. The summed E-state index contributed by atoms with van der Waals surface area (Å²) in [4.78, 5) is 11.7. The zero-order valence-corrected chi connectivity index (χ0v) is 13.1. The summed E-state index contributed by atoms with van der Waals surface area (Å²) in [5.74, 6) is -0.521. The Kier molecular flexibility index (Phi) is 4.45. The lowest BCUT2D eigenvalue weighted by molar-refractivity contribution is -0.123. The number of nitrogen functional groups attached to an aromatic ring is 1. The maximum atomic E-state index is 12.1. The van der Waals surface area contributed by atoms with E-state index in [0.717, 1.165) is 0 Å². The standard InChI is InChI=1S/C11H21N5O3S/c1-7(10(17)13-11(2,3)4)15-20(18,19)8-6-16(5)14-9(8)12/h6-7,15H,1-5H3,(H2,12,14)(H,13,17). The third kappa shape index (κ3) is 4.20. The molecule has 1 unspecified atom stereocenters. The quantitative estimate of drug-likeness (QED) is 0.698. The topological polar surface area (TPSA) is 119 Å². The number of carbonyl (C=O) groups excluding carboxylic acids is 1. The summed E-state index contributed by atoms with van der Waals surface area (Å²) in [6.45, 7) is 6.90. The lowest BCUT2D eigenvalue weighted by Gasteiger charge is -2.23. The second-order valence-corrected chi connectivity index (χ2v) is 7.32. The van der Waals surface area contributed by atoms with Crippen molar-refractivity contribution in [3.05, 3.63) is 6.20 Å². The van der Waals surface area contributed by atoms with Crippen LogP contribution in [0.3, 0.4) is 0 Å². The third-order valence-corrected chi connectivity index (χ3v) is 3.89. The molecular formula is C11H21N5O3S. The first-order chi connectivity index (χ1) is 8.92. The first-order valence-corrected chi connectivity index (χ1v) is 7.54. The molecule has 0 aliphatic heterocycles. The highest BCUT2D eigenvalue weighted by atomic mass is 32.2. The predicted molar refractivity (Wildman–Crippen MR) is 75.3 cm³/mol. The van der Waals surface area contributed by atoms with Crippen LogP contribution in [0.5, 0.6) is 0 Å². The Balaban J connectivity index is 2.87. The zero-order valence-electron chi connectivity index (χ0n) is 12.3. The largest absolute Gasteiger partial charge is 0.381 e. The van der Waals surface area contributed by atoms with E-state index in [2.05, 4.69) is 15.1 Å². The molecular weight excluding hydrogens is 282 g/mol. The van der Waals surface area contributed by atoms with Crippen LogP contribution in [0.1, 0.15) is 27.7 Å². The van der Waals surface area contributed by atoms with Gasteiger partial charge in [0.05, 0.1) is 6.04 Å². The number of nitrogens with zero attached hydrogens (tertiary/aromatic N) is 2. The van der Waals surface area contributed by atoms with Gasteiger partial charge in [0.1, 0.15) is 4.90 Å². The molecule has 20 heavy (non-hydrogen) atoms. The highest BCUT2D eigenvalue weighted by molar-refractivity contribution is 7.89. The number of amides is 1. The minimum Gasteiger partial charge on any atom is -0.381 e. The van der Waals surface area contributed by atoms with Crippen LogP contribution in [-0.2, 0) is 21.9 Å². The van der Waals surface area contributed by atoms with Crippen LogP contribution in [0.4, 0.5) is 5.82 Å². The second-order valence-electron chi connectivity index (χ2n) is 5.63. The summed E-state index contributed by atoms with van der Waals surface area (Å²) in [7, 11) is -2.33. The average molecular weight is 303 g/mol. The highest BCUT2D eigenvalue weighted by Crippen LogP contribution is 2.15. The van der Waals surface area contributed by atoms with Gasteiger partial charge in [0.25, 0.3) is 0 Å². The molecule has 0 aliphatic rings. The maximum Gasteiger partial charge on any atom is 0.246 e. The smallest absolute Gasteiger partial charge is 0.246 e. The van der Waals surface area contributed by atoms with Crippen molar-refractivity contribution in [3.8, 4) is 0 Å². The van der Waals surface area contributed by atoms with E-state index < -0.39 is 27.5 Å². The van der Waals surface area contributed by atoms with Crippen molar-refractivity contribution in [2.75, 3.05) is 5.73 Å². The average Bonchev–Trinajstić information content (AvgIpc) is 2.55. The van der Waals surface area contributed by atoms with E-state index in [0.29, 0.717) is 0 Å². The number of aromatic nitrogens is 2. The van der Waals surface area contributed by atoms with Gasteiger partial charge < -0.3 is 11.1 Å². The molecule has 0 fully saturated rings. The van der Waals surface area contributed by atoms with E-state index in [1.807, 2.05) is 20.8 Å². The fourth-order valence-corrected chi connectivity index (χ4v) is 2.83. The minimum atomic E-state index is -3.89. The summed E-state index contributed by atoms with van der Waals surface area (Å²) in [6, 6.07) is -0.918. The molecule has 8 nitrogen and oxygen atoms in total. The molecule has 0 aromatic carbocycles. The number of hydrogen-bond acceptors (Lipinski definition) is 5. The molecule has 0 bridgehead atoms. The number of carbonyl (C=O) groups is 1. The van der Waals surface area contributed by atoms with Crippen molar-refractivity contribution in [1.29, 1.82) is 0 Å². The second kappa shape index (κ2) is 5.41. The number of nitrogens with two attached hydrogens (primary N) is 1. The van der Waals surface area contributed by atoms with Gasteiger partial charge in [-0.15, -0.1) is 0 Å². The van der Waals surface area contributed by atoms with E-state index in [1.54, 1.807) is 7.05 Å².